The van der Waals surface area contributed by atoms with Crippen molar-refractivity contribution < 1.29 is 29.6 Å². The van der Waals surface area contributed by atoms with Crippen LogP contribution in [0, 0.1) is 0 Å². The van der Waals surface area contributed by atoms with Crippen LogP contribution >= 0.6 is 11.6 Å². The molecule has 0 radical (unpaired) electrons. The molecule has 3 rings (SSSR count). The summed E-state index contributed by atoms with van der Waals surface area (Å²) in [6, 6.07) is 12.9. The number of halogens is 1. The second-order valence-electron chi connectivity index (χ2n) is 7.47. The van der Waals surface area contributed by atoms with Crippen molar-refractivity contribution in [2.45, 2.75) is 57.3 Å². The third-order valence-corrected chi connectivity index (χ3v) is 5.63. The molecule has 1 aliphatic heterocycles. The minimum atomic E-state index is -1.48. The van der Waals surface area contributed by atoms with E-state index in [-0.39, 0.29) is 12.3 Å². The number of carbonyl (C=O) groups excluding carboxylic acids is 1. The largest absolute Gasteiger partial charge is 0.494 e. The average Bonchev–Trinajstić information content (AvgIpc) is 2.77. The topological polar surface area (TPSA) is 108 Å². The molecule has 0 spiro atoms. The highest BCUT2D eigenvalue weighted by atomic mass is 35.5. The van der Waals surface area contributed by atoms with Crippen molar-refractivity contribution >= 4 is 17.5 Å². The Labute approximate surface area is 186 Å². The molecule has 1 heterocycles. The number of aliphatic hydroxyl groups is 3. The van der Waals surface area contributed by atoms with E-state index in [1.54, 1.807) is 25.1 Å². The quantitative estimate of drug-likeness (QED) is 0.516. The van der Waals surface area contributed by atoms with Crippen molar-refractivity contribution in [1.82, 2.24) is 5.32 Å². The fourth-order valence-corrected chi connectivity index (χ4v) is 3.72. The van der Waals surface area contributed by atoms with Crippen LogP contribution in [0.3, 0.4) is 0 Å². The molecule has 5 atom stereocenters. The summed E-state index contributed by atoms with van der Waals surface area (Å²) in [5, 5.41) is 34.1. The van der Waals surface area contributed by atoms with Crippen LogP contribution in [0.4, 0.5) is 0 Å². The maximum absolute atomic E-state index is 11.8. The number of hydrogen-bond acceptors (Lipinski definition) is 6. The molecule has 2 aromatic rings. The van der Waals surface area contributed by atoms with Gasteiger partial charge in [-0.15, -0.1) is 0 Å². The number of rotatable bonds is 7. The van der Waals surface area contributed by atoms with Crippen molar-refractivity contribution in [3.8, 4) is 5.75 Å². The van der Waals surface area contributed by atoms with E-state index in [2.05, 4.69) is 5.32 Å². The first-order valence-corrected chi connectivity index (χ1v) is 10.7. The van der Waals surface area contributed by atoms with Gasteiger partial charge in [-0.3, -0.25) is 4.79 Å². The molecule has 1 fully saturated rings. The maximum atomic E-state index is 11.8. The first-order valence-electron chi connectivity index (χ1n) is 10.3. The van der Waals surface area contributed by atoms with Crippen LogP contribution in [0.2, 0.25) is 5.02 Å². The summed E-state index contributed by atoms with van der Waals surface area (Å²) in [5.41, 5.74) is 2.42. The lowest BCUT2D eigenvalue weighted by Gasteiger charge is -2.41. The molecule has 8 heteroatoms. The van der Waals surface area contributed by atoms with Crippen LogP contribution in [-0.4, -0.2) is 52.4 Å². The highest BCUT2D eigenvalue weighted by Crippen LogP contribution is 2.34. The predicted octanol–water partition coefficient (Wildman–Crippen LogP) is 2.34. The number of ether oxygens (including phenoxy) is 2. The van der Waals surface area contributed by atoms with Crippen LogP contribution in [0.1, 0.15) is 43.1 Å². The first kappa shape index (κ1) is 23.5. The van der Waals surface area contributed by atoms with Gasteiger partial charge in [-0.1, -0.05) is 42.8 Å². The van der Waals surface area contributed by atoms with Gasteiger partial charge >= 0.3 is 0 Å². The number of aliphatic hydroxyl groups excluding tert-OH is 3. The standard InChI is InChI=1S/C23H28ClNO6/c1-3-18(26)25-23-21(29)19(27)20(28)22(31-23)14-7-10-17(24)15(12-14)11-13-5-8-16(9-6-13)30-4-2/h5-10,12,19-23,27-29H,3-4,11H2,1-2H3,(H,25,26). The van der Waals surface area contributed by atoms with Gasteiger partial charge in [0.2, 0.25) is 5.91 Å². The monoisotopic (exact) mass is 449 g/mol. The number of benzene rings is 2. The summed E-state index contributed by atoms with van der Waals surface area (Å²) in [7, 11) is 0. The number of hydrogen-bond donors (Lipinski definition) is 4. The Morgan fingerprint density at radius 1 is 1.06 bits per heavy atom. The highest BCUT2D eigenvalue weighted by molar-refractivity contribution is 6.31. The van der Waals surface area contributed by atoms with Gasteiger partial charge in [0, 0.05) is 11.4 Å². The zero-order valence-electron chi connectivity index (χ0n) is 17.5. The minimum absolute atomic E-state index is 0.197. The second kappa shape index (κ2) is 10.4. The molecule has 168 valence electrons. The van der Waals surface area contributed by atoms with E-state index in [9.17, 15) is 20.1 Å². The minimum Gasteiger partial charge on any atom is -0.494 e. The predicted molar refractivity (Wildman–Crippen MR) is 116 cm³/mol. The molecule has 0 aromatic heterocycles. The summed E-state index contributed by atoms with van der Waals surface area (Å²) in [4.78, 5) is 11.8. The van der Waals surface area contributed by atoms with E-state index in [4.69, 9.17) is 21.1 Å². The van der Waals surface area contributed by atoms with Gasteiger partial charge in [-0.2, -0.15) is 0 Å². The summed E-state index contributed by atoms with van der Waals surface area (Å²) in [6.07, 6.45) is -5.64. The lowest BCUT2D eigenvalue weighted by Crippen LogP contribution is -2.59. The molecule has 4 N–H and O–H groups in total. The first-order chi connectivity index (χ1) is 14.8. The molecular formula is C23H28ClNO6. The molecule has 1 saturated heterocycles. The van der Waals surface area contributed by atoms with Crippen molar-refractivity contribution in [3.05, 3.63) is 64.2 Å². The highest BCUT2D eigenvalue weighted by Gasteiger charge is 2.44. The smallest absolute Gasteiger partial charge is 0.221 e. The van der Waals surface area contributed by atoms with Gasteiger partial charge in [-0.05, 0) is 48.2 Å². The molecule has 2 aromatic carbocycles. The Balaban J connectivity index is 1.82. The Hall–Kier alpha value is -2.16. The number of carbonyl (C=O) groups is 1. The molecule has 1 amide bonds. The molecule has 0 bridgehead atoms. The van der Waals surface area contributed by atoms with E-state index in [0.29, 0.717) is 23.6 Å². The number of nitrogens with one attached hydrogen (secondary N) is 1. The van der Waals surface area contributed by atoms with Crippen molar-refractivity contribution in [2.75, 3.05) is 6.61 Å². The molecule has 7 nitrogen and oxygen atoms in total. The van der Waals surface area contributed by atoms with Gasteiger partial charge in [0.25, 0.3) is 0 Å². The van der Waals surface area contributed by atoms with E-state index in [1.165, 1.54) is 0 Å². The fourth-order valence-electron chi connectivity index (χ4n) is 3.53. The Morgan fingerprint density at radius 3 is 2.42 bits per heavy atom. The second-order valence-corrected chi connectivity index (χ2v) is 7.88. The van der Waals surface area contributed by atoms with Crippen molar-refractivity contribution in [2.24, 2.45) is 0 Å². The summed E-state index contributed by atoms with van der Waals surface area (Å²) in [6.45, 7) is 4.19. The third-order valence-electron chi connectivity index (χ3n) is 5.27. The van der Waals surface area contributed by atoms with E-state index in [1.807, 2.05) is 31.2 Å². The van der Waals surface area contributed by atoms with E-state index < -0.39 is 30.6 Å². The normalized spacial score (nSPS) is 25.8. The van der Waals surface area contributed by atoms with Crippen LogP contribution in [0.25, 0.3) is 0 Å². The zero-order valence-corrected chi connectivity index (χ0v) is 18.2. The van der Waals surface area contributed by atoms with Gasteiger partial charge < -0.3 is 30.1 Å². The van der Waals surface area contributed by atoms with Crippen LogP contribution in [0.15, 0.2) is 42.5 Å². The Morgan fingerprint density at radius 2 is 1.77 bits per heavy atom. The molecule has 5 unspecified atom stereocenters. The summed E-state index contributed by atoms with van der Waals surface area (Å²) >= 11 is 6.40. The maximum Gasteiger partial charge on any atom is 0.221 e. The van der Waals surface area contributed by atoms with Gasteiger partial charge in [-0.25, -0.2) is 0 Å². The number of amides is 1. The molecular weight excluding hydrogens is 422 g/mol. The summed E-state index contributed by atoms with van der Waals surface area (Å²) in [5.74, 6) is 0.455. The van der Waals surface area contributed by atoms with Crippen LogP contribution in [-0.2, 0) is 16.0 Å². The molecule has 1 aliphatic rings. The van der Waals surface area contributed by atoms with Gasteiger partial charge in [0.05, 0.1) is 6.61 Å². The zero-order chi connectivity index (χ0) is 22.5. The SMILES string of the molecule is CCOc1ccc(Cc2cc(C3OC(NC(=O)CC)C(O)C(O)C3O)ccc2Cl)cc1. The van der Waals surface area contributed by atoms with Gasteiger partial charge in [0.1, 0.15) is 30.2 Å². The average molecular weight is 450 g/mol. The van der Waals surface area contributed by atoms with Crippen LogP contribution in [0.5, 0.6) is 5.75 Å². The van der Waals surface area contributed by atoms with Gasteiger partial charge in [0.15, 0.2) is 6.23 Å². The fraction of sp³-hybridized carbons (Fsp3) is 0.435. The van der Waals surface area contributed by atoms with E-state index in [0.717, 1.165) is 16.9 Å². The summed E-state index contributed by atoms with van der Waals surface area (Å²) < 4.78 is 11.2. The molecule has 0 saturated carbocycles. The Kier molecular flexibility index (Phi) is 7.91. The van der Waals surface area contributed by atoms with Crippen molar-refractivity contribution in [3.63, 3.8) is 0 Å². The third kappa shape index (κ3) is 5.56. The molecule has 31 heavy (non-hydrogen) atoms. The van der Waals surface area contributed by atoms with Crippen molar-refractivity contribution in [1.29, 1.82) is 0 Å². The van der Waals surface area contributed by atoms with E-state index >= 15 is 0 Å². The lowest BCUT2D eigenvalue weighted by molar-refractivity contribution is -0.232. The Bertz CT molecular complexity index is 890. The van der Waals surface area contributed by atoms with Crippen LogP contribution < -0.4 is 10.1 Å². The lowest BCUT2D eigenvalue weighted by atomic mass is 9.91. The molecule has 0 aliphatic carbocycles.